The number of benzene rings is 3. The summed E-state index contributed by atoms with van der Waals surface area (Å²) in [6.07, 6.45) is 0. The van der Waals surface area contributed by atoms with E-state index in [9.17, 15) is 0 Å². The van der Waals surface area contributed by atoms with Crippen molar-refractivity contribution in [1.82, 2.24) is 4.40 Å². The van der Waals surface area contributed by atoms with E-state index in [2.05, 4.69) is 93.1 Å². The summed E-state index contributed by atoms with van der Waals surface area (Å²) in [5.41, 5.74) is 5.08. The number of rotatable bonds is 1. The Balaban J connectivity index is 2.03. The summed E-state index contributed by atoms with van der Waals surface area (Å²) in [5.74, 6) is 0. The molecule has 1 nitrogen and oxygen atoms in total. The first kappa shape index (κ1) is 13.3. The fourth-order valence-electron chi connectivity index (χ4n) is 3.28. The molecule has 0 aliphatic carbocycles. The van der Waals surface area contributed by atoms with E-state index in [1.807, 2.05) is 11.3 Å². The Bertz CT molecular complexity index is 1170. The Hall–Kier alpha value is -2.10. The third-order valence-corrected chi connectivity index (χ3v) is 6.48. The molecule has 0 saturated carbocycles. The number of halogens is 1. The molecule has 2 heterocycles. The van der Waals surface area contributed by atoms with Gasteiger partial charge in [0.2, 0.25) is 0 Å². The van der Waals surface area contributed by atoms with E-state index in [0.717, 1.165) is 0 Å². The number of aromatic nitrogens is 1. The number of thiazole rings is 1. The molecule has 0 saturated heterocycles. The molecule has 23 heavy (non-hydrogen) atoms. The van der Waals surface area contributed by atoms with Crippen LogP contribution < -0.4 is 0 Å². The second kappa shape index (κ2) is 4.95. The molecule has 0 unspecified atom stereocenters. The van der Waals surface area contributed by atoms with Gasteiger partial charge in [-0.05, 0) is 33.6 Å². The molecule has 0 aliphatic heterocycles. The monoisotopic (exact) mass is 377 g/mol. The SMILES string of the molecule is Brc1c2ccccc2n2c1sc1cccc(-c3ccccc3)c12. The summed E-state index contributed by atoms with van der Waals surface area (Å²) in [4.78, 5) is 1.27. The van der Waals surface area contributed by atoms with Gasteiger partial charge in [-0.2, -0.15) is 0 Å². The van der Waals surface area contributed by atoms with Gasteiger partial charge < -0.3 is 0 Å². The zero-order chi connectivity index (χ0) is 15.4. The van der Waals surface area contributed by atoms with Crippen LogP contribution in [-0.2, 0) is 0 Å². The van der Waals surface area contributed by atoms with Crippen molar-refractivity contribution in [2.45, 2.75) is 0 Å². The first-order valence-corrected chi connectivity index (χ1v) is 9.11. The summed E-state index contributed by atoms with van der Waals surface area (Å²) >= 11 is 5.64. The molecule has 0 spiro atoms. The minimum Gasteiger partial charge on any atom is -0.298 e. The molecular formula is C20H12BrNS. The maximum Gasteiger partial charge on any atom is 0.116 e. The minimum absolute atomic E-state index is 1.19. The summed E-state index contributed by atoms with van der Waals surface area (Å²) in [6.45, 7) is 0. The highest BCUT2D eigenvalue weighted by molar-refractivity contribution is 9.11. The van der Waals surface area contributed by atoms with Gasteiger partial charge in [-0.3, -0.25) is 4.40 Å². The van der Waals surface area contributed by atoms with Crippen LogP contribution in [0.15, 0.2) is 77.3 Å². The van der Waals surface area contributed by atoms with E-state index in [4.69, 9.17) is 0 Å². The Kier molecular flexibility index (Phi) is 2.87. The average molecular weight is 378 g/mol. The fourth-order valence-corrected chi connectivity index (χ4v) is 5.17. The molecule has 3 heteroatoms. The van der Waals surface area contributed by atoms with Gasteiger partial charge in [0.05, 0.1) is 20.2 Å². The van der Waals surface area contributed by atoms with Crippen molar-refractivity contribution in [3.63, 3.8) is 0 Å². The van der Waals surface area contributed by atoms with Gasteiger partial charge >= 0.3 is 0 Å². The van der Waals surface area contributed by atoms with Gasteiger partial charge in [0.15, 0.2) is 0 Å². The largest absolute Gasteiger partial charge is 0.298 e. The minimum atomic E-state index is 1.19. The van der Waals surface area contributed by atoms with Crippen LogP contribution in [-0.4, -0.2) is 4.40 Å². The molecule has 0 fully saturated rings. The van der Waals surface area contributed by atoms with Gasteiger partial charge in [-0.1, -0.05) is 60.7 Å². The average Bonchev–Trinajstić information content (AvgIpc) is 3.12. The normalized spacial score (nSPS) is 11.7. The first-order valence-electron chi connectivity index (χ1n) is 7.50. The standard InChI is InChI=1S/C20H12BrNS/c21-18-15-9-4-5-11-16(15)22-19-14(13-7-2-1-3-8-13)10-6-12-17(19)23-20(18)22/h1-12H. The maximum atomic E-state index is 3.80. The smallest absolute Gasteiger partial charge is 0.116 e. The van der Waals surface area contributed by atoms with E-state index in [1.165, 1.54) is 41.5 Å². The van der Waals surface area contributed by atoms with Crippen LogP contribution in [0.3, 0.4) is 0 Å². The molecule has 0 amide bonds. The second-order valence-corrected chi connectivity index (χ2v) is 7.42. The van der Waals surface area contributed by atoms with Crippen molar-refractivity contribution in [2.24, 2.45) is 0 Å². The molecule has 0 N–H and O–H groups in total. The molecule has 0 aliphatic rings. The van der Waals surface area contributed by atoms with E-state index >= 15 is 0 Å². The van der Waals surface area contributed by atoms with Crippen LogP contribution in [0.5, 0.6) is 0 Å². The Morgan fingerprint density at radius 2 is 1.57 bits per heavy atom. The maximum absolute atomic E-state index is 3.80. The van der Waals surface area contributed by atoms with Crippen LogP contribution in [0.4, 0.5) is 0 Å². The molecule has 0 bridgehead atoms. The zero-order valence-electron chi connectivity index (χ0n) is 12.2. The lowest BCUT2D eigenvalue weighted by atomic mass is 10.0. The molecule has 3 aromatic carbocycles. The van der Waals surface area contributed by atoms with Crippen molar-refractivity contribution in [1.29, 1.82) is 0 Å². The third kappa shape index (κ3) is 1.84. The van der Waals surface area contributed by atoms with Crippen LogP contribution in [0, 0.1) is 0 Å². The zero-order valence-corrected chi connectivity index (χ0v) is 14.6. The van der Waals surface area contributed by atoms with Crippen LogP contribution in [0.1, 0.15) is 0 Å². The van der Waals surface area contributed by atoms with Crippen molar-refractivity contribution < 1.29 is 0 Å². The molecule has 5 rings (SSSR count). The topological polar surface area (TPSA) is 4.41 Å². The summed E-state index contributed by atoms with van der Waals surface area (Å²) in [7, 11) is 0. The molecule has 0 radical (unpaired) electrons. The van der Waals surface area contributed by atoms with Crippen molar-refractivity contribution in [3.8, 4) is 11.1 Å². The first-order chi connectivity index (χ1) is 11.3. The van der Waals surface area contributed by atoms with Crippen molar-refractivity contribution in [2.75, 3.05) is 0 Å². The van der Waals surface area contributed by atoms with E-state index in [-0.39, 0.29) is 0 Å². The molecule has 110 valence electrons. The number of hydrogen-bond donors (Lipinski definition) is 0. The third-order valence-electron chi connectivity index (χ3n) is 4.29. The van der Waals surface area contributed by atoms with Gasteiger partial charge in [-0.15, -0.1) is 11.3 Å². The summed E-state index contributed by atoms with van der Waals surface area (Å²) in [6, 6.07) is 25.8. The Morgan fingerprint density at radius 3 is 2.43 bits per heavy atom. The van der Waals surface area contributed by atoms with E-state index < -0.39 is 0 Å². The quantitative estimate of drug-likeness (QED) is 0.304. The number of fused-ring (bicyclic) bond motifs is 5. The van der Waals surface area contributed by atoms with Crippen LogP contribution >= 0.6 is 27.3 Å². The van der Waals surface area contributed by atoms with Crippen LogP contribution in [0.25, 0.3) is 37.1 Å². The second-order valence-electron chi connectivity index (χ2n) is 5.59. The van der Waals surface area contributed by atoms with Gasteiger partial charge in [0.1, 0.15) is 4.83 Å². The summed E-state index contributed by atoms with van der Waals surface area (Å²) < 4.78 is 4.89. The molecule has 5 aromatic rings. The van der Waals surface area contributed by atoms with Crippen molar-refractivity contribution >= 4 is 53.2 Å². The molecule has 2 aromatic heterocycles. The number of hydrogen-bond acceptors (Lipinski definition) is 1. The highest BCUT2D eigenvalue weighted by Crippen LogP contribution is 2.42. The highest BCUT2D eigenvalue weighted by atomic mass is 79.9. The lowest BCUT2D eigenvalue weighted by Gasteiger charge is -2.05. The lowest BCUT2D eigenvalue weighted by Crippen LogP contribution is -1.85. The summed E-state index contributed by atoms with van der Waals surface area (Å²) in [5, 5.41) is 1.27. The van der Waals surface area contributed by atoms with Gasteiger partial charge in [0.25, 0.3) is 0 Å². The van der Waals surface area contributed by atoms with Crippen molar-refractivity contribution in [3.05, 3.63) is 77.3 Å². The predicted molar refractivity (Wildman–Crippen MR) is 103 cm³/mol. The van der Waals surface area contributed by atoms with Crippen LogP contribution in [0.2, 0.25) is 0 Å². The predicted octanol–water partition coefficient (Wildman–Crippen LogP) is 6.74. The van der Waals surface area contributed by atoms with E-state index in [0.29, 0.717) is 0 Å². The number of nitrogens with zero attached hydrogens (tertiary/aromatic N) is 1. The van der Waals surface area contributed by atoms with E-state index in [1.54, 1.807) is 0 Å². The highest BCUT2D eigenvalue weighted by Gasteiger charge is 2.17. The number of para-hydroxylation sites is 2. The Labute approximate surface area is 145 Å². The Morgan fingerprint density at radius 1 is 0.783 bits per heavy atom. The molecule has 0 atom stereocenters. The van der Waals surface area contributed by atoms with Gasteiger partial charge in [-0.25, -0.2) is 0 Å². The van der Waals surface area contributed by atoms with Gasteiger partial charge in [0, 0.05) is 10.9 Å². The lowest BCUT2D eigenvalue weighted by molar-refractivity contribution is 1.37. The molecular weight excluding hydrogens is 366 g/mol. The fraction of sp³-hybridized carbons (Fsp3) is 0.